The molecule has 22 heavy (non-hydrogen) atoms. The van der Waals surface area contributed by atoms with Gasteiger partial charge in [0.15, 0.2) is 0 Å². The Morgan fingerprint density at radius 2 is 2.09 bits per heavy atom. The van der Waals surface area contributed by atoms with E-state index in [2.05, 4.69) is 31.2 Å². The molecule has 5 heteroatoms. The molecule has 0 bridgehead atoms. The smallest absolute Gasteiger partial charge is 0.220 e. The highest BCUT2D eigenvalue weighted by Crippen LogP contribution is 2.30. The second-order valence-corrected chi connectivity index (χ2v) is 7.08. The Morgan fingerprint density at radius 1 is 1.41 bits per heavy atom. The third-order valence-corrected chi connectivity index (χ3v) is 4.57. The fraction of sp³-hybridized carbons (Fsp3) is 0.765. The van der Waals surface area contributed by atoms with E-state index in [1.165, 1.54) is 5.56 Å². The normalized spacial score (nSPS) is 16.6. The van der Waals surface area contributed by atoms with Crippen LogP contribution in [0.3, 0.4) is 0 Å². The highest BCUT2D eigenvalue weighted by atomic mass is 16.3. The van der Waals surface area contributed by atoms with E-state index in [4.69, 9.17) is 0 Å². The molecule has 1 aliphatic carbocycles. The fourth-order valence-corrected chi connectivity index (χ4v) is 2.97. The van der Waals surface area contributed by atoms with E-state index in [0.717, 1.165) is 37.2 Å². The van der Waals surface area contributed by atoms with Crippen molar-refractivity contribution in [3.05, 3.63) is 17.0 Å². The average Bonchev–Trinajstić information content (AvgIpc) is 2.66. The number of hydrogen-bond donors (Lipinski definition) is 2. The van der Waals surface area contributed by atoms with Gasteiger partial charge in [0.2, 0.25) is 5.91 Å². The van der Waals surface area contributed by atoms with Crippen LogP contribution in [0.4, 0.5) is 0 Å². The molecule has 124 valence electrons. The van der Waals surface area contributed by atoms with Crippen molar-refractivity contribution in [2.24, 2.45) is 5.92 Å². The third-order valence-electron chi connectivity index (χ3n) is 4.57. The first kappa shape index (κ1) is 17.0. The molecule has 1 aromatic heterocycles. The summed E-state index contributed by atoms with van der Waals surface area (Å²) in [6, 6.07) is 0. The van der Waals surface area contributed by atoms with Crippen LogP contribution in [0.15, 0.2) is 0 Å². The van der Waals surface area contributed by atoms with Crippen molar-refractivity contribution in [3.63, 3.8) is 0 Å². The lowest BCUT2D eigenvalue weighted by molar-refractivity contribution is -0.123. The molecule has 0 radical (unpaired) electrons. The lowest BCUT2D eigenvalue weighted by Crippen LogP contribution is -2.47. The summed E-state index contributed by atoms with van der Waals surface area (Å²) in [5, 5.41) is 17.4. The lowest BCUT2D eigenvalue weighted by atomic mass is 9.80. The largest absolute Gasteiger partial charge is 0.388 e. The maximum atomic E-state index is 12.0. The molecule has 0 unspecified atom stereocenters. The zero-order valence-electron chi connectivity index (χ0n) is 14.3. The standard InChI is InChI=1S/C17H29N3O2/c1-12(2)10-20-14(4)15(13(3)19-20)6-7-16(21)18-11-17(22)8-5-9-17/h12,22H,5-11H2,1-4H3,(H,18,21). The number of nitrogens with zero attached hydrogens (tertiary/aromatic N) is 2. The van der Waals surface area contributed by atoms with Crippen LogP contribution in [0.25, 0.3) is 0 Å². The van der Waals surface area contributed by atoms with E-state index in [1.54, 1.807) is 0 Å². The molecule has 1 heterocycles. The Bertz CT molecular complexity index is 530. The minimum Gasteiger partial charge on any atom is -0.388 e. The van der Waals surface area contributed by atoms with Gasteiger partial charge in [-0.2, -0.15) is 5.10 Å². The van der Waals surface area contributed by atoms with E-state index in [9.17, 15) is 9.90 Å². The summed E-state index contributed by atoms with van der Waals surface area (Å²) < 4.78 is 2.05. The first-order valence-electron chi connectivity index (χ1n) is 8.33. The predicted octanol–water partition coefficient (Wildman–Crippen LogP) is 2.12. The molecule has 1 aromatic rings. The Morgan fingerprint density at radius 3 is 2.64 bits per heavy atom. The van der Waals surface area contributed by atoms with Crippen LogP contribution in [0.5, 0.6) is 0 Å². The van der Waals surface area contributed by atoms with Crippen molar-refractivity contribution in [2.75, 3.05) is 6.54 Å². The van der Waals surface area contributed by atoms with Gasteiger partial charge in [0.25, 0.3) is 0 Å². The number of hydrogen-bond acceptors (Lipinski definition) is 3. The molecular weight excluding hydrogens is 278 g/mol. The summed E-state index contributed by atoms with van der Waals surface area (Å²) in [4.78, 5) is 12.0. The highest BCUT2D eigenvalue weighted by molar-refractivity contribution is 5.76. The fourth-order valence-electron chi connectivity index (χ4n) is 2.97. The zero-order valence-corrected chi connectivity index (χ0v) is 14.3. The Balaban J connectivity index is 1.85. The molecular formula is C17H29N3O2. The van der Waals surface area contributed by atoms with Gasteiger partial charge in [0.05, 0.1) is 11.3 Å². The van der Waals surface area contributed by atoms with Gasteiger partial charge in [-0.3, -0.25) is 9.48 Å². The van der Waals surface area contributed by atoms with Crippen molar-refractivity contribution in [2.45, 2.75) is 71.9 Å². The maximum Gasteiger partial charge on any atom is 0.220 e. The van der Waals surface area contributed by atoms with Gasteiger partial charge in [0, 0.05) is 25.2 Å². The summed E-state index contributed by atoms with van der Waals surface area (Å²) in [5.41, 5.74) is 2.71. The number of nitrogens with one attached hydrogen (secondary N) is 1. The van der Waals surface area contributed by atoms with Crippen LogP contribution in [-0.2, 0) is 17.8 Å². The molecule has 2 N–H and O–H groups in total. The molecule has 1 amide bonds. The topological polar surface area (TPSA) is 67.2 Å². The van der Waals surface area contributed by atoms with Crippen molar-refractivity contribution >= 4 is 5.91 Å². The van der Waals surface area contributed by atoms with Crippen molar-refractivity contribution in [3.8, 4) is 0 Å². The van der Waals surface area contributed by atoms with E-state index in [0.29, 0.717) is 25.3 Å². The monoisotopic (exact) mass is 307 g/mol. The molecule has 1 saturated carbocycles. The van der Waals surface area contributed by atoms with Gasteiger partial charge in [-0.15, -0.1) is 0 Å². The van der Waals surface area contributed by atoms with Gasteiger partial charge in [-0.25, -0.2) is 0 Å². The summed E-state index contributed by atoms with van der Waals surface area (Å²) in [6.07, 6.45) is 3.81. The molecule has 0 saturated heterocycles. The second kappa shape index (κ2) is 6.82. The molecule has 0 atom stereocenters. The molecule has 5 nitrogen and oxygen atoms in total. The van der Waals surface area contributed by atoms with Crippen LogP contribution in [0, 0.1) is 19.8 Å². The highest BCUT2D eigenvalue weighted by Gasteiger charge is 2.34. The predicted molar refractivity (Wildman–Crippen MR) is 86.7 cm³/mol. The van der Waals surface area contributed by atoms with Gasteiger partial charge in [0.1, 0.15) is 0 Å². The third kappa shape index (κ3) is 4.09. The lowest BCUT2D eigenvalue weighted by Gasteiger charge is -2.36. The minimum absolute atomic E-state index is 0.00994. The molecule has 1 fully saturated rings. The van der Waals surface area contributed by atoms with Crippen LogP contribution in [-0.4, -0.2) is 32.9 Å². The van der Waals surface area contributed by atoms with E-state index >= 15 is 0 Å². The second-order valence-electron chi connectivity index (χ2n) is 7.08. The van der Waals surface area contributed by atoms with E-state index in [1.807, 2.05) is 11.6 Å². The number of carbonyl (C=O) groups excluding carboxylic acids is 1. The number of aliphatic hydroxyl groups is 1. The van der Waals surface area contributed by atoms with Gasteiger partial charge in [-0.1, -0.05) is 13.8 Å². The van der Waals surface area contributed by atoms with Crippen molar-refractivity contribution < 1.29 is 9.90 Å². The number of amides is 1. The van der Waals surface area contributed by atoms with Gasteiger partial charge in [-0.05, 0) is 51.0 Å². The van der Waals surface area contributed by atoms with Crippen molar-refractivity contribution in [1.29, 1.82) is 0 Å². The first-order chi connectivity index (χ1) is 10.3. The molecule has 0 aliphatic heterocycles. The molecule has 2 rings (SSSR count). The quantitative estimate of drug-likeness (QED) is 0.811. The van der Waals surface area contributed by atoms with Crippen LogP contribution >= 0.6 is 0 Å². The zero-order chi connectivity index (χ0) is 16.3. The SMILES string of the molecule is Cc1nn(CC(C)C)c(C)c1CCC(=O)NCC1(O)CCC1. The average molecular weight is 307 g/mol. The summed E-state index contributed by atoms with van der Waals surface area (Å²) in [5.74, 6) is 0.563. The number of aromatic nitrogens is 2. The molecule has 0 spiro atoms. The molecule has 0 aromatic carbocycles. The summed E-state index contributed by atoms with van der Waals surface area (Å²) >= 11 is 0. The van der Waals surface area contributed by atoms with E-state index < -0.39 is 5.60 Å². The Hall–Kier alpha value is -1.36. The van der Waals surface area contributed by atoms with Crippen molar-refractivity contribution in [1.82, 2.24) is 15.1 Å². The van der Waals surface area contributed by atoms with Gasteiger partial charge < -0.3 is 10.4 Å². The Labute approximate surface area is 133 Å². The number of rotatable bonds is 7. The maximum absolute atomic E-state index is 12.0. The number of aryl methyl sites for hydroxylation is 1. The van der Waals surface area contributed by atoms with Crippen LogP contribution in [0.2, 0.25) is 0 Å². The first-order valence-corrected chi connectivity index (χ1v) is 8.33. The number of carbonyl (C=O) groups is 1. The summed E-state index contributed by atoms with van der Waals surface area (Å²) in [7, 11) is 0. The summed E-state index contributed by atoms with van der Waals surface area (Å²) in [6.45, 7) is 9.73. The van der Waals surface area contributed by atoms with Crippen LogP contribution in [0.1, 0.15) is 56.5 Å². The van der Waals surface area contributed by atoms with E-state index in [-0.39, 0.29) is 5.91 Å². The minimum atomic E-state index is -0.649. The van der Waals surface area contributed by atoms with Crippen LogP contribution < -0.4 is 5.32 Å². The Kier molecular flexibility index (Phi) is 5.27. The van der Waals surface area contributed by atoms with Gasteiger partial charge >= 0.3 is 0 Å². The molecule has 1 aliphatic rings.